The first-order chi connectivity index (χ1) is 13.6. The lowest BCUT2D eigenvalue weighted by molar-refractivity contribution is -0.0362. The van der Waals surface area contributed by atoms with Crippen molar-refractivity contribution < 1.29 is 14.7 Å². The predicted octanol–water partition coefficient (Wildman–Crippen LogP) is 3.66. The van der Waals surface area contributed by atoms with Crippen LogP contribution in [0.15, 0.2) is 0 Å². The van der Waals surface area contributed by atoms with Gasteiger partial charge in [-0.1, -0.05) is 33.1 Å². The first-order valence-corrected chi connectivity index (χ1v) is 11.9. The average molecular weight is 397 g/mol. The molecule has 28 heavy (non-hydrogen) atoms. The minimum atomic E-state index is -0.140. The van der Waals surface area contributed by atoms with Crippen LogP contribution in [-0.2, 0) is 9.57 Å². The number of aliphatic hydroxyl groups is 1. The summed E-state index contributed by atoms with van der Waals surface area (Å²) in [5.41, 5.74) is 3.27. The van der Waals surface area contributed by atoms with E-state index in [-0.39, 0.29) is 6.10 Å². The topological polar surface area (TPSA) is 62.8 Å². The Morgan fingerprint density at radius 3 is 2.36 bits per heavy atom. The van der Waals surface area contributed by atoms with E-state index in [1.165, 1.54) is 51.4 Å². The third-order valence-corrected chi connectivity index (χ3v) is 7.78. The molecule has 5 unspecified atom stereocenters. The molecule has 0 radical (unpaired) electrons. The summed E-state index contributed by atoms with van der Waals surface area (Å²) in [5.74, 6) is 2.85. The van der Waals surface area contributed by atoms with Crippen LogP contribution in [0.3, 0.4) is 0 Å². The number of ether oxygens (including phenoxy) is 1. The van der Waals surface area contributed by atoms with Gasteiger partial charge in [0.15, 0.2) is 0 Å². The number of hydroxylamine groups is 1. The number of methoxy groups -OCH3 is 1. The number of hydrogen-bond acceptors (Lipinski definition) is 5. The van der Waals surface area contributed by atoms with E-state index in [0.717, 1.165) is 18.8 Å². The van der Waals surface area contributed by atoms with Crippen LogP contribution in [0, 0.1) is 23.7 Å². The van der Waals surface area contributed by atoms with Gasteiger partial charge in [0.05, 0.1) is 19.3 Å². The highest BCUT2D eigenvalue weighted by Crippen LogP contribution is 2.39. The van der Waals surface area contributed by atoms with Crippen molar-refractivity contribution in [2.45, 2.75) is 102 Å². The van der Waals surface area contributed by atoms with E-state index in [4.69, 9.17) is 9.57 Å². The van der Waals surface area contributed by atoms with E-state index in [1.807, 2.05) is 0 Å². The van der Waals surface area contributed by atoms with Gasteiger partial charge in [-0.05, 0) is 68.6 Å². The summed E-state index contributed by atoms with van der Waals surface area (Å²) >= 11 is 0. The molecular formula is C23H44N2O3. The van der Waals surface area contributed by atoms with Gasteiger partial charge in [-0.3, -0.25) is 4.84 Å². The van der Waals surface area contributed by atoms with Crippen LogP contribution in [0.1, 0.15) is 78.1 Å². The van der Waals surface area contributed by atoms with Crippen LogP contribution in [0.2, 0.25) is 0 Å². The van der Waals surface area contributed by atoms with E-state index in [2.05, 4.69) is 24.6 Å². The molecule has 5 nitrogen and oxygen atoms in total. The second kappa shape index (κ2) is 11.3. The largest absolute Gasteiger partial charge is 0.391 e. The highest BCUT2D eigenvalue weighted by atomic mass is 16.7. The second-order valence-electron chi connectivity index (χ2n) is 9.91. The van der Waals surface area contributed by atoms with E-state index < -0.39 is 0 Å². The fourth-order valence-electron chi connectivity index (χ4n) is 6.24. The summed E-state index contributed by atoms with van der Waals surface area (Å²) in [5, 5.41) is 14.5. The molecule has 5 atom stereocenters. The van der Waals surface area contributed by atoms with Crippen molar-refractivity contribution in [3.05, 3.63) is 0 Å². The third kappa shape index (κ3) is 6.15. The zero-order chi connectivity index (χ0) is 19.9. The molecule has 2 aliphatic carbocycles. The van der Waals surface area contributed by atoms with Crippen LogP contribution < -0.4 is 10.8 Å². The maximum atomic E-state index is 10.6. The fraction of sp³-hybridized carbons (Fsp3) is 1.00. The second-order valence-corrected chi connectivity index (χ2v) is 9.91. The molecule has 164 valence electrons. The van der Waals surface area contributed by atoms with Gasteiger partial charge in [0.1, 0.15) is 0 Å². The summed E-state index contributed by atoms with van der Waals surface area (Å²) in [6, 6.07) is 1.36. The zero-order valence-corrected chi connectivity index (χ0v) is 18.4. The van der Waals surface area contributed by atoms with Crippen LogP contribution in [-0.4, -0.2) is 49.7 Å². The van der Waals surface area contributed by atoms with Crippen molar-refractivity contribution in [3.8, 4) is 0 Å². The summed E-state index contributed by atoms with van der Waals surface area (Å²) in [6.45, 7) is 6.08. The Morgan fingerprint density at radius 2 is 1.68 bits per heavy atom. The molecule has 1 aliphatic heterocycles. The van der Waals surface area contributed by atoms with Gasteiger partial charge >= 0.3 is 0 Å². The SMILES string of the molecule is COCCONC1CC(C)C(CC2CCC(O)C(C3CCCCC3)N2)C(C)C1. The Balaban J connectivity index is 1.47. The van der Waals surface area contributed by atoms with Gasteiger partial charge in [0.25, 0.3) is 0 Å². The lowest BCUT2D eigenvalue weighted by Crippen LogP contribution is -2.55. The molecule has 0 aromatic rings. The Labute approximate surface area is 172 Å². The molecule has 3 N–H and O–H groups in total. The molecule has 0 bridgehead atoms. The molecule has 0 amide bonds. The summed E-state index contributed by atoms with van der Waals surface area (Å²) in [6.07, 6.45) is 12.3. The standard InChI is InChI=1S/C23H44N2O3/c1-16-13-20(25-28-12-11-27-3)14-17(2)21(16)15-19-9-10-22(26)23(24-19)18-7-5-4-6-8-18/h16-26H,4-15H2,1-3H3. The third-order valence-electron chi connectivity index (χ3n) is 7.78. The monoisotopic (exact) mass is 396 g/mol. The van der Waals surface area contributed by atoms with E-state index in [1.54, 1.807) is 7.11 Å². The minimum Gasteiger partial charge on any atom is -0.391 e. The molecule has 3 rings (SSSR count). The molecule has 1 heterocycles. The first-order valence-electron chi connectivity index (χ1n) is 11.9. The lowest BCUT2D eigenvalue weighted by atomic mass is 9.68. The minimum absolute atomic E-state index is 0.140. The molecule has 3 fully saturated rings. The van der Waals surface area contributed by atoms with E-state index in [0.29, 0.717) is 49.1 Å². The van der Waals surface area contributed by atoms with Gasteiger partial charge in [-0.15, -0.1) is 0 Å². The lowest BCUT2D eigenvalue weighted by Gasteiger charge is -2.45. The van der Waals surface area contributed by atoms with Crippen molar-refractivity contribution in [2.75, 3.05) is 20.3 Å². The summed E-state index contributed by atoms with van der Waals surface area (Å²) < 4.78 is 5.05. The van der Waals surface area contributed by atoms with Gasteiger partial charge in [0, 0.05) is 25.2 Å². The molecule has 5 heteroatoms. The average Bonchev–Trinajstić information content (AvgIpc) is 2.70. The molecule has 0 spiro atoms. The number of piperidine rings is 1. The Hall–Kier alpha value is -0.200. The highest BCUT2D eigenvalue weighted by Gasteiger charge is 2.39. The van der Waals surface area contributed by atoms with Gasteiger partial charge in [0.2, 0.25) is 0 Å². The maximum absolute atomic E-state index is 10.6. The number of hydrogen-bond donors (Lipinski definition) is 3. The van der Waals surface area contributed by atoms with Crippen molar-refractivity contribution in [1.29, 1.82) is 0 Å². The molecule has 0 aromatic carbocycles. The first kappa shape index (κ1) is 22.5. The summed E-state index contributed by atoms with van der Waals surface area (Å²) in [7, 11) is 1.70. The molecule has 1 saturated heterocycles. The fourth-order valence-corrected chi connectivity index (χ4v) is 6.24. The molecule has 3 aliphatic rings. The number of aliphatic hydroxyl groups excluding tert-OH is 1. The predicted molar refractivity (Wildman–Crippen MR) is 113 cm³/mol. The summed E-state index contributed by atoms with van der Waals surface area (Å²) in [4.78, 5) is 5.57. The maximum Gasteiger partial charge on any atom is 0.0915 e. The van der Waals surface area contributed by atoms with E-state index in [9.17, 15) is 5.11 Å². The quantitative estimate of drug-likeness (QED) is 0.432. The Kier molecular flexibility index (Phi) is 9.04. The molecule has 0 aromatic heterocycles. The van der Waals surface area contributed by atoms with Gasteiger partial charge in [-0.25, -0.2) is 0 Å². The number of rotatable bonds is 8. The van der Waals surface area contributed by atoms with Crippen molar-refractivity contribution in [1.82, 2.24) is 10.8 Å². The van der Waals surface area contributed by atoms with Crippen LogP contribution >= 0.6 is 0 Å². The normalized spacial score (nSPS) is 40.5. The van der Waals surface area contributed by atoms with Gasteiger partial charge < -0.3 is 15.2 Å². The van der Waals surface area contributed by atoms with Gasteiger partial charge in [-0.2, -0.15) is 5.48 Å². The Bertz CT molecular complexity index is 432. The van der Waals surface area contributed by atoms with Crippen LogP contribution in [0.25, 0.3) is 0 Å². The van der Waals surface area contributed by atoms with E-state index >= 15 is 0 Å². The van der Waals surface area contributed by atoms with Crippen LogP contribution in [0.4, 0.5) is 0 Å². The van der Waals surface area contributed by atoms with Crippen LogP contribution in [0.5, 0.6) is 0 Å². The highest BCUT2D eigenvalue weighted by molar-refractivity contribution is 4.94. The zero-order valence-electron chi connectivity index (χ0n) is 18.4. The molecular weight excluding hydrogens is 352 g/mol. The number of nitrogens with one attached hydrogen (secondary N) is 2. The Morgan fingerprint density at radius 1 is 0.964 bits per heavy atom. The smallest absolute Gasteiger partial charge is 0.0915 e. The van der Waals surface area contributed by atoms with Crippen molar-refractivity contribution in [3.63, 3.8) is 0 Å². The molecule has 2 saturated carbocycles. The van der Waals surface area contributed by atoms with Crippen molar-refractivity contribution in [2.24, 2.45) is 23.7 Å². The van der Waals surface area contributed by atoms with Crippen molar-refractivity contribution >= 4 is 0 Å².